The van der Waals surface area contributed by atoms with Gasteiger partial charge in [-0.05, 0) is 67.3 Å². The third-order valence-corrected chi connectivity index (χ3v) is 4.42. The molecule has 3 aromatic rings. The first-order chi connectivity index (χ1) is 12.6. The highest BCUT2D eigenvalue weighted by Gasteiger charge is 2.07. The van der Waals surface area contributed by atoms with Crippen molar-refractivity contribution in [1.82, 2.24) is 5.43 Å². The second kappa shape index (κ2) is 8.82. The SMILES string of the molecule is O=C(COc1ccc(-c2ccccc2)cc1Br)N/N=C/c1ccc(Br)o1. The van der Waals surface area contributed by atoms with E-state index in [2.05, 4.69) is 42.4 Å². The number of nitrogens with one attached hydrogen (secondary N) is 1. The van der Waals surface area contributed by atoms with Crippen LogP contribution in [-0.4, -0.2) is 18.7 Å². The molecule has 0 aliphatic carbocycles. The second-order valence-electron chi connectivity index (χ2n) is 5.23. The van der Waals surface area contributed by atoms with Crippen LogP contribution in [0.3, 0.4) is 0 Å². The third kappa shape index (κ3) is 5.06. The van der Waals surface area contributed by atoms with Crippen molar-refractivity contribution in [3.05, 3.63) is 75.6 Å². The van der Waals surface area contributed by atoms with E-state index < -0.39 is 0 Å². The summed E-state index contributed by atoms with van der Waals surface area (Å²) in [7, 11) is 0. The molecule has 0 aliphatic rings. The zero-order valence-electron chi connectivity index (χ0n) is 13.5. The minimum Gasteiger partial charge on any atom is -0.483 e. The van der Waals surface area contributed by atoms with Crippen molar-refractivity contribution in [2.45, 2.75) is 0 Å². The van der Waals surface area contributed by atoms with Crippen LogP contribution in [0.25, 0.3) is 11.1 Å². The van der Waals surface area contributed by atoms with Crippen molar-refractivity contribution < 1.29 is 13.9 Å². The van der Waals surface area contributed by atoms with Crippen molar-refractivity contribution in [3.63, 3.8) is 0 Å². The summed E-state index contributed by atoms with van der Waals surface area (Å²) < 4.78 is 12.1. The van der Waals surface area contributed by atoms with Gasteiger partial charge in [0.1, 0.15) is 11.5 Å². The van der Waals surface area contributed by atoms with Crippen molar-refractivity contribution in [3.8, 4) is 16.9 Å². The van der Waals surface area contributed by atoms with Crippen LogP contribution >= 0.6 is 31.9 Å². The Morgan fingerprint density at radius 1 is 1.08 bits per heavy atom. The normalized spacial score (nSPS) is 10.8. The van der Waals surface area contributed by atoms with E-state index in [0.29, 0.717) is 16.2 Å². The lowest BCUT2D eigenvalue weighted by Gasteiger charge is -2.09. The monoisotopic (exact) mass is 476 g/mol. The molecule has 0 bridgehead atoms. The summed E-state index contributed by atoms with van der Waals surface area (Å²) in [6.07, 6.45) is 1.41. The van der Waals surface area contributed by atoms with E-state index in [1.54, 1.807) is 12.1 Å². The summed E-state index contributed by atoms with van der Waals surface area (Å²) in [6, 6.07) is 19.2. The topological polar surface area (TPSA) is 63.8 Å². The highest BCUT2D eigenvalue weighted by molar-refractivity contribution is 9.10. The molecule has 1 N–H and O–H groups in total. The molecule has 2 aromatic carbocycles. The Kier molecular flexibility index (Phi) is 6.25. The maximum absolute atomic E-state index is 11.8. The number of carbonyl (C=O) groups is 1. The van der Waals surface area contributed by atoms with E-state index in [4.69, 9.17) is 9.15 Å². The molecule has 5 nitrogen and oxygen atoms in total. The van der Waals surface area contributed by atoms with Crippen LogP contribution in [0, 0.1) is 0 Å². The first kappa shape index (κ1) is 18.4. The summed E-state index contributed by atoms with van der Waals surface area (Å²) in [4.78, 5) is 11.8. The standard InChI is InChI=1S/C19H14Br2N2O3/c20-16-10-14(13-4-2-1-3-5-13)6-8-17(16)25-12-19(24)23-22-11-15-7-9-18(21)26-15/h1-11H,12H2,(H,23,24)/b22-11+. The molecule has 0 saturated carbocycles. The number of hydrogen-bond acceptors (Lipinski definition) is 4. The first-order valence-electron chi connectivity index (χ1n) is 7.67. The van der Waals surface area contributed by atoms with Crippen LogP contribution in [0.1, 0.15) is 5.76 Å². The molecule has 132 valence electrons. The minimum atomic E-state index is -0.370. The maximum atomic E-state index is 11.8. The van der Waals surface area contributed by atoms with E-state index in [1.165, 1.54) is 6.21 Å². The predicted molar refractivity (Wildman–Crippen MR) is 107 cm³/mol. The summed E-state index contributed by atoms with van der Waals surface area (Å²) in [5.41, 5.74) is 4.55. The average Bonchev–Trinajstić information content (AvgIpc) is 3.06. The number of carbonyl (C=O) groups excluding carboxylic acids is 1. The summed E-state index contributed by atoms with van der Waals surface area (Å²) >= 11 is 6.67. The second-order valence-corrected chi connectivity index (χ2v) is 6.87. The fourth-order valence-corrected chi connectivity index (χ4v) is 2.98. The largest absolute Gasteiger partial charge is 0.483 e. The Bertz CT molecular complexity index is 924. The lowest BCUT2D eigenvalue weighted by atomic mass is 10.1. The van der Waals surface area contributed by atoms with E-state index in [-0.39, 0.29) is 12.5 Å². The molecule has 0 spiro atoms. The Morgan fingerprint density at radius 3 is 2.58 bits per heavy atom. The molecule has 0 fully saturated rings. The average molecular weight is 478 g/mol. The molecule has 0 aliphatic heterocycles. The zero-order chi connectivity index (χ0) is 18.4. The van der Waals surface area contributed by atoms with Crippen molar-refractivity contribution >= 4 is 44.0 Å². The Labute approximate surface area is 167 Å². The number of hydrogen-bond donors (Lipinski definition) is 1. The van der Waals surface area contributed by atoms with Crippen LogP contribution in [0.15, 0.2) is 79.3 Å². The molecule has 7 heteroatoms. The molecular weight excluding hydrogens is 464 g/mol. The van der Waals surface area contributed by atoms with Gasteiger partial charge in [-0.1, -0.05) is 36.4 Å². The summed E-state index contributed by atoms with van der Waals surface area (Å²) in [6.45, 7) is -0.150. The van der Waals surface area contributed by atoms with Crippen LogP contribution in [0.5, 0.6) is 5.75 Å². The van der Waals surface area contributed by atoms with E-state index in [0.717, 1.165) is 15.6 Å². The van der Waals surface area contributed by atoms with Gasteiger partial charge in [-0.3, -0.25) is 4.79 Å². The number of rotatable bonds is 6. The molecule has 26 heavy (non-hydrogen) atoms. The van der Waals surface area contributed by atoms with Crippen molar-refractivity contribution in [1.29, 1.82) is 0 Å². The zero-order valence-corrected chi connectivity index (χ0v) is 16.7. The first-order valence-corrected chi connectivity index (χ1v) is 9.25. The van der Waals surface area contributed by atoms with E-state index in [9.17, 15) is 4.79 Å². The number of nitrogens with zero attached hydrogens (tertiary/aromatic N) is 1. The minimum absolute atomic E-state index is 0.150. The van der Waals surface area contributed by atoms with E-state index in [1.807, 2.05) is 48.5 Å². The fraction of sp³-hybridized carbons (Fsp3) is 0.0526. The number of hydrazone groups is 1. The third-order valence-electron chi connectivity index (χ3n) is 3.37. The predicted octanol–water partition coefficient (Wildman–Crippen LogP) is 5.00. The molecule has 1 amide bonds. The molecule has 0 saturated heterocycles. The summed E-state index contributed by atoms with van der Waals surface area (Å²) in [5, 5.41) is 3.81. The smallest absolute Gasteiger partial charge is 0.277 e. The molecule has 0 unspecified atom stereocenters. The number of halogens is 2. The molecular formula is C19H14Br2N2O3. The fourth-order valence-electron chi connectivity index (χ4n) is 2.17. The van der Waals surface area contributed by atoms with Gasteiger partial charge in [0.2, 0.25) is 0 Å². The Balaban J connectivity index is 1.54. The number of benzene rings is 2. The van der Waals surface area contributed by atoms with Gasteiger partial charge in [-0.2, -0.15) is 5.10 Å². The van der Waals surface area contributed by atoms with Crippen LogP contribution < -0.4 is 10.2 Å². The van der Waals surface area contributed by atoms with Crippen molar-refractivity contribution in [2.24, 2.45) is 5.10 Å². The number of ether oxygens (including phenoxy) is 1. The molecule has 1 heterocycles. The van der Waals surface area contributed by atoms with Gasteiger partial charge in [0.25, 0.3) is 5.91 Å². The van der Waals surface area contributed by atoms with Gasteiger partial charge in [0.05, 0.1) is 10.7 Å². The quantitative estimate of drug-likeness (QED) is 0.401. The molecule has 3 rings (SSSR count). The Hall–Kier alpha value is -2.38. The van der Waals surface area contributed by atoms with Gasteiger partial charge in [-0.25, -0.2) is 5.43 Å². The van der Waals surface area contributed by atoms with Gasteiger partial charge < -0.3 is 9.15 Å². The summed E-state index contributed by atoms with van der Waals surface area (Å²) in [5.74, 6) is 0.738. The molecule has 0 radical (unpaired) electrons. The van der Waals surface area contributed by atoms with Gasteiger partial charge in [0.15, 0.2) is 11.3 Å². The van der Waals surface area contributed by atoms with Crippen LogP contribution in [0.2, 0.25) is 0 Å². The number of furan rings is 1. The van der Waals surface area contributed by atoms with Gasteiger partial charge >= 0.3 is 0 Å². The van der Waals surface area contributed by atoms with Crippen LogP contribution in [0.4, 0.5) is 0 Å². The molecule has 0 atom stereocenters. The Morgan fingerprint density at radius 2 is 1.88 bits per heavy atom. The number of amides is 1. The van der Waals surface area contributed by atoms with Crippen molar-refractivity contribution in [2.75, 3.05) is 6.61 Å². The highest BCUT2D eigenvalue weighted by atomic mass is 79.9. The molecule has 1 aromatic heterocycles. The lowest BCUT2D eigenvalue weighted by molar-refractivity contribution is -0.123. The van der Waals surface area contributed by atoms with Gasteiger partial charge in [0, 0.05) is 0 Å². The highest BCUT2D eigenvalue weighted by Crippen LogP contribution is 2.30. The maximum Gasteiger partial charge on any atom is 0.277 e. The lowest BCUT2D eigenvalue weighted by Crippen LogP contribution is -2.24. The van der Waals surface area contributed by atoms with Crippen LogP contribution in [-0.2, 0) is 4.79 Å². The van der Waals surface area contributed by atoms with E-state index >= 15 is 0 Å². The van der Waals surface area contributed by atoms with Gasteiger partial charge in [-0.15, -0.1) is 0 Å².